The second-order valence-electron chi connectivity index (χ2n) is 4.07. The number of rotatable bonds is 9. The fourth-order valence-electron chi connectivity index (χ4n) is 1.68. The summed E-state index contributed by atoms with van der Waals surface area (Å²) in [6, 6.07) is 3.77. The standard InChI is InChI=1S/C13H21NO2S/c1-2-3-7-14(9-10-15)8-6-12(16)13-5-4-11-17-13/h4-5,11,15H,2-3,6-10H2,1H3. The lowest BCUT2D eigenvalue weighted by Crippen LogP contribution is -2.30. The molecule has 1 heterocycles. The van der Waals surface area contributed by atoms with Gasteiger partial charge in [-0.05, 0) is 24.4 Å². The number of ketones is 1. The van der Waals surface area contributed by atoms with Gasteiger partial charge >= 0.3 is 0 Å². The molecule has 0 unspecified atom stereocenters. The van der Waals surface area contributed by atoms with Gasteiger partial charge in [-0.25, -0.2) is 0 Å². The SMILES string of the molecule is CCCCN(CCO)CCC(=O)c1cccs1. The zero-order valence-electron chi connectivity index (χ0n) is 10.4. The van der Waals surface area contributed by atoms with Gasteiger partial charge in [0, 0.05) is 19.5 Å². The molecular formula is C13H21NO2S. The van der Waals surface area contributed by atoms with Crippen molar-refractivity contribution in [3.8, 4) is 0 Å². The highest BCUT2D eigenvalue weighted by atomic mass is 32.1. The van der Waals surface area contributed by atoms with Crippen molar-refractivity contribution in [1.29, 1.82) is 0 Å². The monoisotopic (exact) mass is 255 g/mol. The maximum absolute atomic E-state index is 11.8. The second kappa shape index (κ2) is 8.39. The minimum Gasteiger partial charge on any atom is -0.395 e. The summed E-state index contributed by atoms with van der Waals surface area (Å²) in [4.78, 5) is 14.8. The Kier molecular flexibility index (Phi) is 7.08. The highest BCUT2D eigenvalue weighted by molar-refractivity contribution is 7.12. The van der Waals surface area contributed by atoms with Crippen LogP contribution in [0.2, 0.25) is 0 Å². The summed E-state index contributed by atoms with van der Waals surface area (Å²) in [5, 5.41) is 10.9. The Bertz CT molecular complexity index is 311. The van der Waals surface area contributed by atoms with E-state index in [0.29, 0.717) is 13.0 Å². The molecular weight excluding hydrogens is 234 g/mol. The van der Waals surface area contributed by atoms with Crippen molar-refractivity contribution in [2.24, 2.45) is 0 Å². The predicted octanol–water partition coefficient (Wildman–Crippen LogP) is 2.42. The summed E-state index contributed by atoms with van der Waals surface area (Å²) >= 11 is 1.50. The van der Waals surface area contributed by atoms with E-state index in [2.05, 4.69) is 11.8 Å². The quantitative estimate of drug-likeness (QED) is 0.689. The molecule has 0 amide bonds. The molecule has 17 heavy (non-hydrogen) atoms. The summed E-state index contributed by atoms with van der Waals surface area (Å²) in [6.45, 7) is 4.69. The van der Waals surface area contributed by atoms with Crippen molar-refractivity contribution in [3.63, 3.8) is 0 Å². The summed E-state index contributed by atoms with van der Waals surface area (Å²) < 4.78 is 0. The highest BCUT2D eigenvalue weighted by Crippen LogP contribution is 2.11. The molecule has 1 aromatic heterocycles. The van der Waals surface area contributed by atoms with Crippen LogP contribution in [0.5, 0.6) is 0 Å². The molecule has 4 heteroatoms. The smallest absolute Gasteiger partial charge is 0.174 e. The van der Waals surface area contributed by atoms with Crippen LogP contribution in [0, 0.1) is 0 Å². The third kappa shape index (κ3) is 5.44. The van der Waals surface area contributed by atoms with Crippen molar-refractivity contribution < 1.29 is 9.90 Å². The molecule has 0 atom stereocenters. The van der Waals surface area contributed by atoms with Crippen molar-refractivity contribution >= 4 is 17.1 Å². The molecule has 3 nitrogen and oxygen atoms in total. The van der Waals surface area contributed by atoms with E-state index in [1.54, 1.807) is 0 Å². The lowest BCUT2D eigenvalue weighted by atomic mass is 10.2. The molecule has 0 aromatic carbocycles. The number of hydrogen-bond acceptors (Lipinski definition) is 4. The highest BCUT2D eigenvalue weighted by Gasteiger charge is 2.10. The van der Waals surface area contributed by atoms with Crippen LogP contribution in [-0.4, -0.2) is 42.0 Å². The van der Waals surface area contributed by atoms with Crippen LogP contribution in [0.3, 0.4) is 0 Å². The van der Waals surface area contributed by atoms with Crippen LogP contribution in [0.15, 0.2) is 17.5 Å². The molecule has 96 valence electrons. The van der Waals surface area contributed by atoms with Gasteiger partial charge in [0.1, 0.15) is 0 Å². The van der Waals surface area contributed by atoms with Crippen LogP contribution in [0.25, 0.3) is 0 Å². The molecule has 0 saturated carbocycles. The third-order valence-electron chi connectivity index (χ3n) is 2.70. The van der Waals surface area contributed by atoms with E-state index in [9.17, 15) is 4.79 Å². The second-order valence-corrected chi connectivity index (χ2v) is 5.02. The van der Waals surface area contributed by atoms with Gasteiger partial charge < -0.3 is 10.0 Å². The van der Waals surface area contributed by atoms with Crippen LogP contribution >= 0.6 is 11.3 Å². The summed E-state index contributed by atoms with van der Waals surface area (Å²) in [6.07, 6.45) is 2.80. The Morgan fingerprint density at radius 2 is 2.24 bits per heavy atom. The zero-order valence-corrected chi connectivity index (χ0v) is 11.2. The van der Waals surface area contributed by atoms with Gasteiger partial charge in [-0.3, -0.25) is 4.79 Å². The van der Waals surface area contributed by atoms with E-state index in [-0.39, 0.29) is 12.4 Å². The number of carbonyl (C=O) groups is 1. The fraction of sp³-hybridized carbons (Fsp3) is 0.615. The first-order chi connectivity index (χ1) is 8.27. The number of carbonyl (C=O) groups excluding carboxylic acids is 1. The maximum atomic E-state index is 11.8. The Balaban J connectivity index is 2.32. The Hall–Kier alpha value is -0.710. The summed E-state index contributed by atoms with van der Waals surface area (Å²) in [5.41, 5.74) is 0. The Morgan fingerprint density at radius 1 is 1.41 bits per heavy atom. The van der Waals surface area contributed by atoms with Crippen LogP contribution in [0.1, 0.15) is 35.9 Å². The molecule has 0 fully saturated rings. The number of Topliss-reactive ketones (excluding diaryl/α,β-unsaturated/α-hetero) is 1. The van der Waals surface area contributed by atoms with Crippen LogP contribution in [-0.2, 0) is 0 Å². The molecule has 1 aromatic rings. The number of unbranched alkanes of at least 4 members (excludes halogenated alkanes) is 1. The number of thiophene rings is 1. The minimum atomic E-state index is 0.164. The lowest BCUT2D eigenvalue weighted by molar-refractivity contribution is 0.0960. The first-order valence-electron chi connectivity index (χ1n) is 6.17. The Labute approximate surface area is 107 Å². The average Bonchev–Trinajstić information content (AvgIpc) is 2.86. The molecule has 0 aliphatic heterocycles. The molecule has 0 radical (unpaired) electrons. The van der Waals surface area contributed by atoms with Gasteiger partial charge in [-0.2, -0.15) is 0 Å². The van der Waals surface area contributed by atoms with Gasteiger partial charge in [-0.15, -0.1) is 11.3 Å². The van der Waals surface area contributed by atoms with Crippen LogP contribution in [0.4, 0.5) is 0 Å². The van der Waals surface area contributed by atoms with Crippen molar-refractivity contribution in [2.45, 2.75) is 26.2 Å². The van der Waals surface area contributed by atoms with Gasteiger partial charge in [0.05, 0.1) is 11.5 Å². The molecule has 0 spiro atoms. The molecule has 0 aliphatic carbocycles. The van der Waals surface area contributed by atoms with E-state index in [1.807, 2.05) is 17.5 Å². The van der Waals surface area contributed by atoms with Crippen molar-refractivity contribution in [3.05, 3.63) is 22.4 Å². The van der Waals surface area contributed by atoms with Crippen molar-refractivity contribution in [1.82, 2.24) is 4.90 Å². The number of hydrogen-bond donors (Lipinski definition) is 1. The third-order valence-corrected chi connectivity index (χ3v) is 3.61. The zero-order chi connectivity index (χ0) is 12.5. The molecule has 1 rings (SSSR count). The van der Waals surface area contributed by atoms with Gasteiger partial charge in [0.25, 0.3) is 0 Å². The van der Waals surface area contributed by atoms with Gasteiger partial charge in [-0.1, -0.05) is 19.4 Å². The largest absolute Gasteiger partial charge is 0.395 e. The average molecular weight is 255 g/mol. The maximum Gasteiger partial charge on any atom is 0.174 e. The Morgan fingerprint density at radius 3 is 2.82 bits per heavy atom. The summed E-state index contributed by atoms with van der Waals surface area (Å²) in [7, 11) is 0. The fourth-order valence-corrected chi connectivity index (χ4v) is 2.37. The molecule has 0 aliphatic rings. The lowest BCUT2D eigenvalue weighted by Gasteiger charge is -2.20. The van der Waals surface area contributed by atoms with Crippen LogP contribution < -0.4 is 0 Å². The molecule has 1 N–H and O–H groups in total. The number of nitrogens with zero attached hydrogens (tertiary/aromatic N) is 1. The van der Waals surface area contributed by atoms with E-state index in [0.717, 1.165) is 30.8 Å². The van der Waals surface area contributed by atoms with E-state index < -0.39 is 0 Å². The summed E-state index contributed by atoms with van der Waals surface area (Å²) in [5.74, 6) is 0.208. The van der Waals surface area contributed by atoms with Gasteiger partial charge in [0.15, 0.2) is 5.78 Å². The minimum absolute atomic E-state index is 0.164. The topological polar surface area (TPSA) is 40.5 Å². The van der Waals surface area contributed by atoms with E-state index in [4.69, 9.17) is 5.11 Å². The first kappa shape index (κ1) is 14.4. The van der Waals surface area contributed by atoms with E-state index >= 15 is 0 Å². The molecule has 0 saturated heterocycles. The number of aliphatic hydroxyl groups excluding tert-OH is 1. The van der Waals surface area contributed by atoms with Crippen molar-refractivity contribution in [2.75, 3.05) is 26.2 Å². The normalized spacial score (nSPS) is 11.0. The predicted molar refractivity (Wildman–Crippen MR) is 71.7 cm³/mol. The van der Waals surface area contributed by atoms with Gasteiger partial charge in [0.2, 0.25) is 0 Å². The number of aliphatic hydroxyl groups is 1. The molecule has 0 bridgehead atoms. The first-order valence-corrected chi connectivity index (χ1v) is 7.05. The van der Waals surface area contributed by atoms with E-state index in [1.165, 1.54) is 11.3 Å².